The zero-order valence-corrected chi connectivity index (χ0v) is 23.3. The Morgan fingerprint density at radius 2 is 0.765 bits per heavy atom. The van der Waals surface area contributed by atoms with Crippen LogP contribution in [0.4, 0.5) is 0 Å². The summed E-state index contributed by atoms with van der Waals surface area (Å²) in [7, 11) is 0. The summed E-state index contributed by atoms with van der Waals surface area (Å²) in [5.74, 6) is 0. The van der Waals surface area contributed by atoms with Gasteiger partial charge in [0.05, 0.1) is 0 Å². The number of hydrogen-bond acceptors (Lipinski definition) is 0. The second-order valence-corrected chi connectivity index (χ2v) is 11.0. The smallest absolute Gasteiger partial charge is 0.0629 e. The molecule has 0 aliphatic heterocycles. The van der Waals surface area contributed by atoms with Gasteiger partial charge < -0.3 is 0 Å². The van der Waals surface area contributed by atoms with Gasteiger partial charge in [-0.1, -0.05) is 125 Å². The fourth-order valence-electron chi connectivity index (χ4n) is 5.97. The van der Waals surface area contributed by atoms with Gasteiger partial charge in [0, 0.05) is 4.47 Å². The molecule has 2 heteroatoms. The molecule has 0 amide bonds. The lowest BCUT2D eigenvalue weighted by atomic mass is 9.33. The van der Waals surface area contributed by atoms with E-state index in [2.05, 4.69) is 132 Å². The average Bonchev–Trinajstić information content (AvgIpc) is 2.72. The highest BCUT2D eigenvalue weighted by atomic mass is 79.9. The minimum Gasteiger partial charge on any atom is -0.0629 e. The molecular weight excluding hydrogens is 475 g/mol. The standard InChI is InChI=1S/C32H34BBr/c1-19-13-21(3)30(22(4)14-19)33(31-23(5)15-20(2)16-24(31)6)32-25(7)17-28(18-26(32)8)27-9-11-29(34)12-10-27/h9-18H,1-8H3. The van der Waals surface area contributed by atoms with Crippen LogP contribution >= 0.6 is 15.9 Å². The molecule has 0 atom stereocenters. The first-order chi connectivity index (χ1) is 16.1. The highest BCUT2D eigenvalue weighted by Gasteiger charge is 2.31. The molecule has 0 spiro atoms. The van der Waals surface area contributed by atoms with Gasteiger partial charge in [-0.25, -0.2) is 0 Å². The van der Waals surface area contributed by atoms with E-state index >= 15 is 0 Å². The Kier molecular flexibility index (Phi) is 6.92. The summed E-state index contributed by atoms with van der Waals surface area (Å²) >= 11 is 3.57. The van der Waals surface area contributed by atoms with E-state index in [4.69, 9.17) is 0 Å². The van der Waals surface area contributed by atoms with Crippen LogP contribution in [0.5, 0.6) is 0 Å². The molecular formula is C32H34BBr. The van der Waals surface area contributed by atoms with Gasteiger partial charge in [-0.15, -0.1) is 0 Å². The van der Waals surface area contributed by atoms with E-state index < -0.39 is 0 Å². The number of aryl methyl sites for hydroxylation is 8. The number of hydrogen-bond donors (Lipinski definition) is 0. The summed E-state index contributed by atoms with van der Waals surface area (Å²) in [6.45, 7) is 18.3. The maximum absolute atomic E-state index is 3.57. The van der Waals surface area contributed by atoms with Crippen molar-refractivity contribution in [3.8, 4) is 11.1 Å². The van der Waals surface area contributed by atoms with Crippen LogP contribution in [0.3, 0.4) is 0 Å². The van der Waals surface area contributed by atoms with E-state index in [1.165, 1.54) is 72.0 Å². The summed E-state index contributed by atoms with van der Waals surface area (Å²) in [5, 5.41) is 0. The lowest BCUT2D eigenvalue weighted by Crippen LogP contribution is -2.57. The van der Waals surface area contributed by atoms with E-state index in [9.17, 15) is 0 Å². The van der Waals surface area contributed by atoms with E-state index in [1.807, 2.05) is 0 Å². The van der Waals surface area contributed by atoms with Gasteiger partial charge in [-0.2, -0.15) is 0 Å². The molecule has 0 unspecified atom stereocenters. The Labute approximate surface area is 214 Å². The highest BCUT2D eigenvalue weighted by Crippen LogP contribution is 2.24. The molecule has 4 rings (SSSR count). The van der Waals surface area contributed by atoms with Crippen LogP contribution in [0.1, 0.15) is 44.5 Å². The average molecular weight is 509 g/mol. The summed E-state index contributed by atoms with van der Waals surface area (Å²) in [6.07, 6.45) is 0. The van der Waals surface area contributed by atoms with Crippen LogP contribution in [0.15, 0.2) is 65.1 Å². The molecule has 0 heterocycles. The third-order valence-electron chi connectivity index (χ3n) is 7.11. The summed E-state index contributed by atoms with van der Waals surface area (Å²) in [4.78, 5) is 0. The first kappa shape index (κ1) is 24.5. The van der Waals surface area contributed by atoms with Crippen molar-refractivity contribution in [1.82, 2.24) is 0 Å². The lowest BCUT2D eigenvalue weighted by Gasteiger charge is -2.27. The molecule has 0 aliphatic rings. The molecule has 172 valence electrons. The highest BCUT2D eigenvalue weighted by molar-refractivity contribution is 9.10. The molecule has 0 nitrogen and oxygen atoms in total. The van der Waals surface area contributed by atoms with Crippen LogP contribution in [0.25, 0.3) is 11.1 Å². The minimum atomic E-state index is 0.208. The Morgan fingerprint density at radius 1 is 0.441 bits per heavy atom. The van der Waals surface area contributed by atoms with Crippen LogP contribution < -0.4 is 16.4 Å². The Bertz CT molecular complexity index is 1250. The molecule has 0 aromatic heterocycles. The van der Waals surface area contributed by atoms with E-state index in [-0.39, 0.29) is 6.71 Å². The molecule has 4 aromatic rings. The molecule has 0 N–H and O–H groups in total. The number of rotatable bonds is 4. The van der Waals surface area contributed by atoms with E-state index in [1.54, 1.807) is 0 Å². The van der Waals surface area contributed by atoms with Crippen molar-refractivity contribution in [3.63, 3.8) is 0 Å². The molecule has 0 aliphatic carbocycles. The molecule has 0 saturated heterocycles. The first-order valence-electron chi connectivity index (χ1n) is 12.1. The van der Waals surface area contributed by atoms with Gasteiger partial charge in [0.25, 0.3) is 0 Å². The second-order valence-electron chi connectivity index (χ2n) is 10.1. The van der Waals surface area contributed by atoms with Crippen molar-refractivity contribution < 1.29 is 0 Å². The number of benzene rings is 4. The summed E-state index contributed by atoms with van der Waals surface area (Å²) in [5.41, 5.74) is 17.7. The van der Waals surface area contributed by atoms with Gasteiger partial charge >= 0.3 is 0 Å². The fraction of sp³-hybridized carbons (Fsp3) is 0.250. The molecule has 0 bridgehead atoms. The fourth-order valence-corrected chi connectivity index (χ4v) is 6.23. The normalized spacial score (nSPS) is 11.1. The van der Waals surface area contributed by atoms with Crippen LogP contribution in [-0.2, 0) is 0 Å². The monoisotopic (exact) mass is 508 g/mol. The Balaban J connectivity index is 2.02. The van der Waals surface area contributed by atoms with E-state index in [0.717, 1.165) is 4.47 Å². The second kappa shape index (κ2) is 9.58. The summed E-state index contributed by atoms with van der Waals surface area (Å²) < 4.78 is 1.11. The Morgan fingerprint density at radius 3 is 1.12 bits per heavy atom. The third kappa shape index (κ3) is 4.66. The molecule has 4 aromatic carbocycles. The van der Waals surface area contributed by atoms with Gasteiger partial charge in [0.2, 0.25) is 6.71 Å². The van der Waals surface area contributed by atoms with Gasteiger partial charge in [0.1, 0.15) is 0 Å². The van der Waals surface area contributed by atoms with Crippen molar-refractivity contribution in [3.05, 3.63) is 110 Å². The van der Waals surface area contributed by atoms with Gasteiger partial charge in [-0.05, 0) is 78.6 Å². The molecule has 0 radical (unpaired) electrons. The quantitative estimate of drug-likeness (QED) is 0.258. The SMILES string of the molecule is Cc1cc(C)c(B(c2c(C)cc(C)cc2C)c2c(C)cc(-c3ccc(Br)cc3)cc2C)c(C)c1. The van der Waals surface area contributed by atoms with Gasteiger partial charge in [0.15, 0.2) is 0 Å². The molecule has 0 fully saturated rings. The maximum atomic E-state index is 3.57. The third-order valence-corrected chi connectivity index (χ3v) is 7.64. The van der Waals surface area contributed by atoms with Gasteiger partial charge in [-0.3, -0.25) is 0 Å². The first-order valence-corrected chi connectivity index (χ1v) is 12.9. The zero-order valence-electron chi connectivity index (χ0n) is 21.7. The van der Waals surface area contributed by atoms with Crippen LogP contribution in [0.2, 0.25) is 0 Å². The van der Waals surface area contributed by atoms with E-state index in [0.29, 0.717) is 0 Å². The Hall–Kier alpha value is -2.58. The van der Waals surface area contributed by atoms with Crippen molar-refractivity contribution >= 4 is 39.0 Å². The van der Waals surface area contributed by atoms with Crippen molar-refractivity contribution in [2.24, 2.45) is 0 Å². The van der Waals surface area contributed by atoms with Crippen molar-refractivity contribution in [1.29, 1.82) is 0 Å². The largest absolute Gasteiger partial charge is 0.243 e. The number of halogens is 1. The maximum Gasteiger partial charge on any atom is 0.243 e. The molecule has 34 heavy (non-hydrogen) atoms. The zero-order chi connectivity index (χ0) is 24.7. The minimum absolute atomic E-state index is 0.208. The van der Waals surface area contributed by atoms with Crippen LogP contribution in [-0.4, -0.2) is 6.71 Å². The topological polar surface area (TPSA) is 0 Å². The summed E-state index contributed by atoms with van der Waals surface area (Å²) in [6, 6.07) is 22.7. The predicted octanol–water partition coefficient (Wildman–Crippen LogP) is 7.10. The lowest BCUT2D eigenvalue weighted by molar-refractivity contribution is 1.33. The molecule has 0 saturated carbocycles. The van der Waals surface area contributed by atoms with Crippen molar-refractivity contribution in [2.45, 2.75) is 55.4 Å². The van der Waals surface area contributed by atoms with Crippen molar-refractivity contribution in [2.75, 3.05) is 0 Å². The van der Waals surface area contributed by atoms with Crippen LogP contribution in [0, 0.1) is 55.4 Å². The predicted molar refractivity (Wildman–Crippen MR) is 155 cm³/mol.